The summed E-state index contributed by atoms with van der Waals surface area (Å²) in [6.07, 6.45) is 0. The van der Waals surface area contributed by atoms with Gasteiger partial charge in [-0.05, 0) is 29.6 Å². The van der Waals surface area contributed by atoms with Crippen molar-refractivity contribution >= 4 is 40.4 Å². The minimum absolute atomic E-state index is 0.0573. The van der Waals surface area contributed by atoms with Crippen LogP contribution >= 0.6 is 23.1 Å². The van der Waals surface area contributed by atoms with Gasteiger partial charge in [-0.15, -0.1) is 23.1 Å². The molecule has 5 nitrogen and oxygen atoms in total. The third-order valence-electron chi connectivity index (χ3n) is 3.40. The number of nitrogens with one attached hydrogen (secondary N) is 1. The molecule has 0 aliphatic heterocycles. The van der Waals surface area contributed by atoms with Crippen molar-refractivity contribution in [3.63, 3.8) is 0 Å². The summed E-state index contributed by atoms with van der Waals surface area (Å²) >= 11 is 3.27. The van der Waals surface area contributed by atoms with E-state index in [1.807, 2.05) is 23.6 Å². The Bertz CT molecular complexity index is 895. The highest BCUT2D eigenvalue weighted by Gasteiger charge is 2.13. The lowest BCUT2D eigenvalue weighted by molar-refractivity contribution is -0.384. The predicted octanol–water partition coefficient (Wildman–Crippen LogP) is 5.20. The van der Waals surface area contributed by atoms with Crippen molar-refractivity contribution in [1.82, 2.24) is 0 Å². The molecule has 1 heterocycles. The van der Waals surface area contributed by atoms with Crippen molar-refractivity contribution in [2.45, 2.75) is 10.6 Å². The fourth-order valence-corrected chi connectivity index (χ4v) is 4.04. The second-order valence-electron chi connectivity index (χ2n) is 5.13. The van der Waals surface area contributed by atoms with E-state index in [0.29, 0.717) is 11.3 Å². The molecule has 0 atom stereocenters. The largest absolute Gasteiger partial charge is 0.322 e. The zero-order valence-electron chi connectivity index (χ0n) is 13.0. The van der Waals surface area contributed by atoms with Crippen molar-refractivity contribution < 1.29 is 9.72 Å². The fourth-order valence-electron chi connectivity index (χ4n) is 2.22. The molecule has 0 radical (unpaired) electrons. The molecule has 3 rings (SSSR count). The van der Waals surface area contributed by atoms with Gasteiger partial charge in [0.05, 0.1) is 10.5 Å². The first kappa shape index (κ1) is 17.2. The first-order chi connectivity index (χ1) is 12.1. The van der Waals surface area contributed by atoms with Crippen LogP contribution in [0.5, 0.6) is 0 Å². The van der Waals surface area contributed by atoms with Gasteiger partial charge in [0, 0.05) is 33.3 Å². The maximum atomic E-state index is 12.6. The molecular weight excluding hydrogens is 356 g/mol. The smallest absolute Gasteiger partial charge is 0.271 e. The summed E-state index contributed by atoms with van der Waals surface area (Å²) in [6.45, 7) is 0. The minimum Gasteiger partial charge on any atom is -0.322 e. The molecule has 25 heavy (non-hydrogen) atoms. The summed E-state index contributed by atoms with van der Waals surface area (Å²) in [4.78, 5) is 25.1. The number of nitro benzene ring substituents is 1. The van der Waals surface area contributed by atoms with Gasteiger partial charge in [0.1, 0.15) is 0 Å². The molecule has 2 aromatic carbocycles. The Hall–Kier alpha value is -2.64. The van der Waals surface area contributed by atoms with Crippen molar-refractivity contribution in [2.75, 3.05) is 5.32 Å². The number of non-ortho nitro benzene ring substituents is 1. The normalized spacial score (nSPS) is 10.4. The standard InChI is InChI=1S/C18H14N2O3S2/c21-18(19-13-5-3-6-14(11-13)20(22)23)16-8-1-2-9-17(16)25-12-15-7-4-10-24-15/h1-11H,12H2,(H,19,21). The van der Waals surface area contributed by atoms with E-state index in [1.165, 1.54) is 17.0 Å². The van der Waals surface area contributed by atoms with E-state index >= 15 is 0 Å². The van der Waals surface area contributed by atoms with Crippen LogP contribution in [0, 0.1) is 10.1 Å². The maximum Gasteiger partial charge on any atom is 0.271 e. The van der Waals surface area contributed by atoms with Gasteiger partial charge >= 0.3 is 0 Å². The average molecular weight is 370 g/mol. The fraction of sp³-hybridized carbons (Fsp3) is 0.0556. The van der Waals surface area contributed by atoms with Gasteiger partial charge in [0.25, 0.3) is 11.6 Å². The molecular formula is C18H14N2O3S2. The van der Waals surface area contributed by atoms with Crippen LogP contribution in [0.2, 0.25) is 0 Å². The Labute approximate surface area is 152 Å². The zero-order chi connectivity index (χ0) is 17.6. The van der Waals surface area contributed by atoms with E-state index in [1.54, 1.807) is 47.4 Å². The molecule has 0 aliphatic carbocycles. The molecule has 0 bridgehead atoms. The summed E-state index contributed by atoms with van der Waals surface area (Å²) in [7, 11) is 0. The molecule has 3 aromatic rings. The van der Waals surface area contributed by atoms with Crippen LogP contribution in [0.15, 0.2) is 70.9 Å². The Balaban J connectivity index is 1.75. The summed E-state index contributed by atoms with van der Waals surface area (Å²) in [5, 5.41) is 15.6. The number of thioether (sulfide) groups is 1. The van der Waals surface area contributed by atoms with Crippen LogP contribution in [-0.4, -0.2) is 10.8 Å². The van der Waals surface area contributed by atoms with Crippen molar-refractivity contribution in [3.8, 4) is 0 Å². The lowest BCUT2D eigenvalue weighted by Crippen LogP contribution is -2.13. The van der Waals surface area contributed by atoms with E-state index in [9.17, 15) is 14.9 Å². The number of benzene rings is 2. The molecule has 126 valence electrons. The van der Waals surface area contributed by atoms with Gasteiger partial charge < -0.3 is 5.32 Å². The van der Waals surface area contributed by atoms with E-state index in [-0.39, 0.29) is 11.6 Å². The average Bonchev–Trinajstić information content (AvgIpc) is 3.14. The third kappa shape index (κ3) is 4.46. The summed E-state index contributed by atoms with van der Waals surface area (Å²) < 4.78 is 0. The lowest BCUT2D eigenvalue weighted by Gasteiger charge is -2.09. The molecule has 1 N–H and O–H groups in total. The maximum absolute atomic E-state index is 12.6. The van der Waals surface area contributed by atoms with Gasteiger partial charge in [-0.25, -0.2) is 0 Å². The number of rotatable bonds is 6. The third-order valence-corrected chi connectivity index (χ3v) is 5.58. The van der Waals surface area contributed by atoms with Crippen LogP contribution < -0.4 is 5.32 Å². The van der Waals surface area contributed by atoms with Crippen LogP contribution in [0.4, 0.5) is 11.4 Å². The highest BCUT2D eigenvalue weighted by atomic mass is 32.2. The second kappa shape index (κ2) is 7.96. The van der Waals surface area contributed by atoms with Crippen molar-refractivity contribution in [1.29, 1.82) is 0 Å². The van der Waals surface area contributed by atoms with E-state index < -0.39 is 4.92 Å². The Morgan fingerprint density at radius 1 is 1.12 bits per heavy atom. The van der Waals surface area contributed by atoms with Crippen LogP contribution in [-0.2, 0) is 5.75 Å². The van der Waals surface area contributed by atoms with Crippen molar-refractivity contribution in [2.24, 2.45) is 0 Å². The highest BCUT2D eigenvalue weighted by Crippen LogP contribution is 2.28. The molecule has 7 heteroatoms. The van der Waals surface area contributed by atoms with E-state index in [4.69, 9.17) is 0 Å². The molecule has 0 fully saturated rings. The molecule has 0 spiro atoms. The molecule has 0 aliphatic rings. The summed E-state index contributed by atoms with van der Waals surface area (Å²) in [5.41, 5.74) is 0.894. The number of carbonyl (C=O) groups excluding carboxylic acids is 1. The molecule has 0 saturated heterocycles. The summed E-state index contributed by atoms with van der Waals surface area (Å²) in [6, 6.07) is 17.3. The summed E-state index contributed by atoms with van der Waals surface area (Å²) in [5.74, 6) is 0.508. The van der Waals surface area contributed by atoms with Gasteiger partial charge in [0.2, 0.25) is 0 Å². The number of thiophene rings is 1. The minimum atomic E-state index is -0.486. The van der Waals surface area contributed by atoms with E-state index in [2.05, 4.69) is 11.4 Å². The SMILES string of the molecule is O=C(Nc1cccc([N+](=O)[O-])c1)c1ccccc1SCc1cccs1. The number of amides is 1. The number of nitro groups is 1. The highest BCUT2D eigenvalue weighted by molar-refractivity contribution is 7.98. The van der Waals surface area contributed by atoms with Crippen molar-refractivity contribution in [3.05, 3.63) is 86.6 Å². The number of nitrogens with zero attached hydrogens (tertiary/aromatic N) is 1. The van der Waals surface area contributed by atoms with Gasteiger partial charge in [-0.3, -0.25) is 14.9 Å². The Kier molecular flexibility index (Phi) is 5.47. The Morgan fingerprint density at radius 2 is 1.96 bits per heavy atom. The monoisotopic (exact) mass is 370 g/mol. The molecule has 1 aromatic heterocycles. The van der Waals surface area contributed by atoms with Crippen LogP contribution in [0.25, 0.3) is 0 Å². The number of anilines is 1. The van der Waals surface area contributed by atoms with Gasteiger partial charge in [-0.1, -0.05) is 24.3 Å². The van der Waals surface area contributed by atoms with E-state index in [0.717, 1.165) is 10.6 Å². The number of carbonyl (C=O) groups is 1. The molecule has 0 unspecified atom stereocenters. The topological polar surface area (TPSA) is 72.2 Å². The number of hydrogen-bond acceptors (Lipinski definition) is 5. The number of hydrogen-bond donors (Lipinski definition) is 1. The molecule has 1 amide bonds. The van der Waals surface area contributed by atoms with Gasteiger partial charge in [0.15, 0.2) is 0 Å². The lowest BCUT2D eigenvalue weighted by atomic mass is 10.2. The van der Waals surface area contributed by atoms with Gasteiger partial charge in [-0.2, -0.15) is 0 Å². The quantitative estimate of drug-likeness (QED) is 0.368. The van der Waals surface area contributed by atoms with Crippen LogP contribution in [0.1, 0.15) is 15.2 Å². The molecule has 0 saturated carbocycles. The zero-order valence-corrected chi connectivity index (χ0v) is 14.7. The first-order valence-electron chi connectivity index (χ1n) is 7.43. The van der Waals surface area contributed by atoms with Crippen LogP contribution in [0.3, 0.4) is 0 Å². The Morgan fingerprint density at radius 3 is 2.72 bits per heavy atom. The second-order valence-corrected chi connectivity index (χ2v) is 7.18. The predicted molar refractivity (Wildman–Crippen MR) is 101 cm³/mol. The first-order valence-corrected chi connectivity index (χ1v) is 9.30.